The van der Waals surface area contributed by atoms with Crippen molar-refractivity contribution < 1.29 is 23.0 Å². The van der Waals surface area contributed by atoms with E-state index in [0.717, 1.165) is 23.6 Å². The number of hydrogen-bond acceptors (Lipinski definition) is 4. The maximum absolute atomic E-state index is 13.2. The van der Waals surface area contributed by atoms with E-state index in [4.69, 9.17) is 4.74 Å². The highest BCUT2D eigenvalue weighted by Crippen LogP contribution is 2.46. The van der Waals surface area contributed by atoms with Gasteiger partial charge in [0, 0.05) is 29.9 Å². The second-order valence-corrected chi connectivity index (χ2v) is 7.57. The summed E-state index contributed by atoms with van der Waals surface area (Å²) in [4.78, 5) is 8.01. The number of aromatic nitrogens is 2. The van der Waals surface area contributed by atoms with Gasteiger partial charge in [0.15, 0.2) is 5.60 Å². The summed E-state index contributed by atoms with van der Waals surface area (Å²) >= 11 is 0. The van der Waals surface area contributed by atoms with Gasteiger partial charge in [-0.25, -0.2) is 9.97 Å². The summed E-state index contributed by atoms with van der Waals surface area (Å²) in [6.07, 6.45) is 0.245. The van der Waals surface area contributed by atoms with E-state index in [1.54, 1.807) is 26.2 Å². The summed E-state index contributed by atoms with van der Waals surface area (Å²) < 4.78 is 45.3. The fourth-order valence-corrected chi connectivity index (χ4v) is 3.48. The minimum Gasteiger partial charge on any atom is -0.493 e. The molecule has 1 N–H and O–H groups in total. The highest BCUT2D eigenvalue weighted by Gasteiger charge is 2.52. The zero-order chi connectivity index (χ0) is 19.2. The van der Waals surface area contributed by atoms with E-state index in [1.165, 1.54) is 6.33 Å². The molecule has 1 aromatic carbocycles. The van der Waals surface area contributed by atoms with Crippen molar-refractivity contribution in [1.29, 1.82) is 0 Å². The van der Waals surface area contributed by atoms with Crippen LogP contribution in [0.15, 0.2) is 30.9 Å². The maximum Gasteiger partial charge on any atom is 0.416 e. The van der Waals surface area contributed by atoms with Crippen LogP contribution in [-0.2, 0) is 11.8 Å². The van der Waals surface area contributed by atoms with Crippen molar-refractivity contribution in [3.63, 3.8) is 0 Å². The third-order valence-corrected chi connectivity index (χ3v) is 4.80. The van der Waals surface area contributed by atoms with Crippen LogP contribution < -0.4 is 4.74 Å². The predicted octanol–water partition coefficient (Wildman–Crippen LogP) is 4.06. The number of halogens is 3. The molecule has 2 heterocycles. The molecule has 140 valence electrons. The van der Waals surface area contributed by atoms with Crippen LogP contribution in [-0.4, -0.2) is 33.5 Å². The Labute approximate surface area is 150 Å². The number of nitrogens with zero attached hydrogens (tertiary/aromatic N) is 2. The van der Waals surface area contributed by atoms with Crippen molar-refractivity contribution in [2.45, 2.75) is 50.8 Å². The second kappa shape index (κ2) is 6.23. The Hall–Kier alpha value is -2.15. The van der Waals surface area contributed by atoms with E-state index < -0.39 is 23.6 Å². The van der Waals surface area contributed by atoms with Gasteiger partial charge in [-0.05, 0) is 42.0 Å². The summed E-state index contributed by atoms with van der Waals surface area (Å²) in [6, 6.07) is 3.78. The number of hydrogen-bond donors (Lipinski definition) is 1. The van der Waals surface area contributed by atoms with Crippen LogP contribution in [0, 0.1) is 0 Å². The first-order valence-corrected chi connectivity index (χ1v) is 8.36. The molecular formula is C19H21F3N2O2. The Morgan fingerprint density at radius 1 is 1.08 bits per heavy atom. The normalized spacial score (nSPS) is 16.7. The van der Waals surface area contributed by atoms with Crippen molar-refractivity contribution in [3.8, 4) is 16.9 Å². The lowest BCUT2D eigenvalue weighted by Crippen LogP contribution is -2.46. The first kappa shape index (κ1) is 18.6. The highest BCUT2D eigenvalue weighted by molar-refractivity contribution is 5.67. The summed E-state index contributed by atoms with van der Waals surface area (Å²) in [5.41, 5.74) is -0.559. The third kappa shape index (κ3) is 3.40. The fourth-order valence-electron chi connectivity index (χ4n) is 3.48. The van der Waals surface area contributed by atoms with Crippen LogP contribution in [0.4, 0.5) is 13.2 Å². The first-order chi connectivity index (χ1) is 12.0. The second-order valence-electron chi connectivity index (χ2n) is 7.57. The number of ether oxygens (including phenoxy) is 1. The molecule has 0 spiro atoms. The van der Waals surface area contributed by atoms with Crippen LogP contribution in [0.2, 0.25) is 0 Å². The maximum atomic E-state index is 13.2. The predicted molar refractivity (Wildman–Crippen MR) is 91.0 cm³/mol. The summed E-state index contributed by atoms with van der Waals surface area (Å²) in [6.45, 7) is 4.68. The molecule has 1 aliphatic heterocycles. The zero-order valence-electron chi connectivity index (χ0n) is 14.9. The Bertz CT molecular complexity index is 802. The van der Waals surface area contributed by atoms with Gasteiger partial charge in [-0.2, -0.15) is 13.2 Å². The van der Waals surface area contributed by atoms with E-state index >= 15 is 0 Å². The SMILES string of the molecule is CC(C)(CC(C)(O)C(F)(F)F)c1cc(-c2cncnc2)cc2c1OCC2. The quantitative estimate of drug-likeness (QED) is 0.887. The van der Waals surface area contributed by atoms with Crippen molar-refractivity contribution in [1.82, 2.24) is 9.97 Å². The average molecular weight is 366 g/mol. The third-order valence-electron chi connectivity index (χ3n) is 4.80. The van der Waals surface area contributed by atoms with Gasteiger partial charge in [-0.1, -0.05) is 13.8 Å². The van der Waals surface area contributed by atoms with Crippen LogP contribution in [0.5, 0.6) is 5.75 Å². The monoisotopic (exact) mass is 366 g/mol. The minimum absolute atomic E-state index is 0.478. The minimum atomic E-state index is -4.71. The number of aliphatic hydroxyl groups is 1. The van der Waals surface area contributed by atoms with Crippen LogP contribution in [0.25, 0.3) is 11.1 Å². The van der Waals surface area contributed by atoms with Crippen LogP contribution in [0.3, 0.4) is 0 Å². The molecule has 0 saturated carbocycles. The molecule has 3 rings (SSSR count). The van der Waals surface area contributed by atoms with Gasteiger partial charge >= 0.3 is 6.18 Å². The smallest absolute Gasteiger partial charge is 0.416 e. The van der Waals surface area contributed by atoms with E-state index in [0.29, 0.717) is 24.3 Å². The number of alkyl halides is 3. The summed E-state index contributed by atoms with van der Waals surface area (Å²) in [7, 11) is 0. The molecule has 0 fully saturated rings. The first-order valence-electron chi connectivity index (χ1n) is 8.36. The Morgan fingerprint density at radius 3 is 2.35 bits per heavy atom. The van der Waals surface area contributed by atoms with Gasteiger partial charge in [0.25, 0.3) is 0 Å². The van der Waals surface area contributed by atoms with Crippen molar-refractivity contribution in [2.75, 3.05) is 6.61 Å². The molecule has 0 amide bonds. The average Bonchev–Trinajstić information content (AvgIpc) is 3.01. The molecule has 1 aliphatic rings. The van der Waals surface area contributed by atoms with Crippen LogP contribution >= 0.6 is 0 Å². The number of rotatable bonds is 4. The number of fused-ring (bicyclic) bond motifs is 1. The molecule has 1 unspecified atom stereocenters. The number of benzene rings is 1. The van der Waals surface area contributed by atoms with Crippen molar-refractivity contribution >= 4 is 0 Å². The summed E-state index contributed by atoms with van der Waals surface area (Å²) in [5.74, 6) is 0.619. The van der Waals surface area contributed by atoms with E-state index in [9.17, 15) is 18.3 Å². The van der Waals surface area contributed by atoms with Crippen LogP contribution in [0.1, 0.15) is 38.3 Å². The Kier molecular flexibility index (Phi) is 4.46. The molecule has 0 aliphatic carbocycles. The standard InChI is InChI=1S/C19H21F3N2O2/c1-17(2,10-18(3,25)19(20,21)22)15-7-13(14-8-23-11-24-9-14)6-12-4-5-26-16(12)15/h6-9,11,25H,4-5,10H2,1-3H3. The molecule has 2 aromatic rings. The lowest BCUT2D eigenvalue weighted by molar-refractivity contribution is -0.259. The lowest BCUT2D eigenvalue weighted by Gasteiger charge is -2.36. The fraction of sp³-hybridized carbons (Fsp3) is 0.474. The molecule has 0 saturated heterocycles. The van der Waals surface area contributed by atoms with E-state index in [2.05, 4.69) is 9.97 Å². The van der Waals surface area contributed by atoms with E-state index in [-0.39, 0.29) is 0 Å². The molecule has 0 bridgehead atoms. The van der Waals surface area contributed by atoms with Gasteiger partial charge < -0.3 is 9.84 Å². The molecule has 7 heteroatoms. The Morgan fingerprint density at radius 2 is 1.73 bits per heavy atom. The van der Waals surface area contributed by atoms with Gasteiger partial charge in [0.2, 0.25) is 0 Å². The van der Waals surface area contributed by atoms with E-state index in [1.807, 2.05) is 12.1 Å². The molecule has 0 radical (unpaired) electrons. The topological polar surface area (TPSA) is 55.2 Å². The van der Waals surface area contributed by atoms with Crippen molar-refractivity contribution in [3.05, 3.63) is 42.0 Å². The molecule has 1 atom stereocenters. The Balaban J connectivity index is 2.08. The lowest BCUT2D eigenvalue weighted by atomic mass is 9.74. The van der Waals surface area contributed by atoms with Crippen molar-refractivity contribution in [2.24, 2.45) is 0 Å². The van der Waals surface area contributed by atoms with Gasteiger partial charge in [0.1, 0.15) is 12.1 Å². The summed E-state index contributed by atoms with van der Waals surface area (Å²) in [5, 5.41) is 10.00. The largest absolute Gasteiger partial charge is 0.493 e. The highest BCUT2D eigenvalue weighted by atomic mass is 19.4. The zero-order valence-corrected chi connectivity index (χ0v) is 14.9. The van der Waals surface area contributed by atoms with Gasteiger partial charge in [-0.15, -0.1) is 0 Å². The molecule has 26 heavy (non-hydrogen) atoms. The molecule has 1 aromatic heterocycles. The molecule has 4 nitrogen and oxygen atoms in total. The molecular weight excluding hydrogens is 345 g/mol. The van der Waals surface area contributed by atoms with Gasteiger partial charge in [-0.3, -0.25) is 0 Å². The van der Waals surface area contributed by atoms with Gasteiger partial charge in [0.05, 0.1) is 6.61 Å².